The number of hydrogen-bond donors (Lipinski definition) is 0. The molecule has 0 saturated heterocycles. The summed E-state index contributed by atoms with van der Waals surface area (Å²) in [5.74, 6) is 11.7. The summed E-state index contributed by atoms with van der Waals surface area (Å²) in [6.45, 7) is 5.02. The average molecular weight is 1270 g/mol. The Hall–Kier alpha value is -5.65. The van der Waals surface area contributed by atoms with Gasteiger partial charge in [0.05, 0.1) is 43.2 Å². The second-order valence-corrected chi connectivity index (χ2v) is 39.2. The van der Waals surface area contributed by atoms with Crippen molar-refractivity contribution in [1.82, 2.24) is 9.13 Å². The summed E-state index contributed by atoms with van der Waals surface area (Å²) in [6, 6.07) is 27.5. The van der Waals surface area contributed by atoms with Crippen molar-refractivity contribution in [1.29, 1.82) is 0 Å². The first kappa shape index (κ1) is 54.3. The Balaban J connectivity index is 0.809. The van der Waals surface area contributed by atoms with Gasteiger partial charge in [-0.3, -0.25) is 0 Å². The third-order valence-corrected chi connectivity index (χ3v) is 34.2. The van der Waals surface area contributed by atoms with E-state index in [9.17, 15) is 0 Å². The van der Waals surface area contributed by atoms with Crippen molar-refractivity contribution in [3.63, 3.8) is 0 Å². The molecule has 0 spiro atoms. The second-order valence-electron chi connectivity index (χ2n) is 37.4. The first-order chi connectivity index (χ1) is 46.5. The minimum Gasteiger partial charge on any atom is -0.309 e. The second kappa shape index (κ2) is 18.6. The van der Waals surface area contributed by atoms with Crippen molar-refractivity contribution in [2.45, 2.75) is 274 Å². The zero-order valence-corrected chi connectivity index (χ0v) is 57.2. The fraction of sp³-hybridized carbons (Fsp3) is 0.556. The molecule has 29 rings (SSSR count). The number of rotatable bonds is 2. The Morgan fingerprint density at radius 3 is 0.968 bits per heavy atom. The molecule has 5 heteroatoms. The van der Waals surface area contributed by atoms with E-state index in [2.05, 4.69) is 95.8 Å². The molecule has 0 radical (unpaired) electrons. The van der Waals surface area contributed by atoms with Crippen LogP contribution in [-0.4, -0.2) is 17.6 Å². The van der Waals surface area contributed by atoms with Crippen LogP contribution in [0.4, 0.5) is 0 Å². The van der Waals surface area contributed by atoms with Gasteiger partial charge in [0.1, 0.15) is 0 Å². The molecule has 4 nitrogen and oxygen atoms in total. The lowest BCUT2D eigenvalue weighted by atomic mass is 9.67. The Morgan fingerprint density at radius 2 is 0.600 bits per heavy atom. The number of nitrogens with zero attached hydrogens (tertiary/aromatic N) is 2. The first-order valence-electron chi connectivity index (χ1n) is 39.8. The Bertz CT molecular complexity index is 5030. The maximum atomic E-state index is 17.5. The first-order valence-corrected chi connectivity index (χ1v) is 41.3. The van der Waals surface area contributed by atoms with E-state index in [4.69, 9.17) is 0 Å². The highest BCUT2D eigenvalue weighted by Crippen LogP contribution is 2.68. The lowest BCUT2D eigenvalue weighted by Crippen LogP contribution is -2.26. The summed E-state index contributed by atoms with van der Waals surface area (Å²) in [4.78, 5) is 1.55. The molecule has 20 aliphatic carbocycles. The van der Waals surface area contributed by atoms with Gasteiger partial charge in [0.2, 0.25) is 9.84 Å². The molecule has 10 fully saturated rings. The molecular formula is C90H94N2O2S. The highest BCUT2D eigenvalue weighted by Gasteiger charge is 2.54. The van der Waals surface area contributed by atoms with Gasteiger partial charge in [-0.25, -0.2) is 8.42 Å². The van der Waals surface area contributed by atoms with Crippen molar-refractivity contribution in [2.24, 2.45) is 47.3 Å². The fourth-order valence-electron chi connectivity index (χ4n) is 29.5. The Kier molecular flexibility index (Phi) is 10.6. The topological polar surface area (TPSA) is 44.0 Å². The van der Waals surface area contributed by atoms with Crippen molar-refractivity contribution >= 4 is 53.4 Å². The van der Waals surface area contributed by atoms with Gasteiger partial charge in [-0.2, -0.15) is 0 Å². The van der Waals surface area contributed by atoms with Gasteiger partial charge in [-0.15, -0.1) is 0 Å². The predicted octanol–water partition coefficient (Wildman–Crippen LogP) is 23.7. The molecular weight excluding hydrogens is 1170 g/mol. The highest BCUT2D eigenvalue weighted by atomic mass is 32.2. The maximum absolute atomic E-state index is 17.5. The van der Waals surface area contributed by atoms with Crippen LogP contribution >= 0.6 is 0 Å². The van der Waals surface area contributed by atoms with Gasteiger partial charge in [0.25, 0.3) is 0 Å². The summed E-state index contributed by atoms with van der Waals surface area (Å²) >= 11 is 0. The van der Waals surface area contributed by atoms with Crippen LogP contribution in [0.2, 0.25) is 0 Å². The molecule has 1 aliphatic heterocycles. The molecule has 12 unspecified atom stereocenters. The largest absolute Gasteiger partial charge is 0.309 e. The van der Waals surface area contributed by atoms with Gasteiger partial charge in [-0.1, -0.05) is 37.1 Å². The van der Waals surface area contributed by atoms with Crippen molar-refractivity contribution < 1.29 is 8.42 Å². The van der Waals surface area contributed by atoms with Crippen LogP contribution < -0.4 is 0 Å². The summed E-state index contributed by atoms with van der Waals surface area (Å²) in [6.07, 6.45) is 41.3. The minimum absolute atomic E-state index is 0.257. The van der Waals surface area contributed by atoms with Gasteiger partial charge in [-0.05, 0) is 426 Å². The van der Waals surface area contributed by atoms with Crippen molar-refractivity contribution in [3.8, 4) is 22.5 Å². The molecule has 20 bridgehead atoms. The smallest absolute Gasteiger partial charge is 0.208 e. The van der Waals surface area contributed by atoms with E-state index >= 15 is 8.42 Å². The van der Waals surface area contributed by atoms with E-state index in [0.29, 0.717) is 82.9 Å². The summed E-state index contributed by atoms with van der Waals surface area (Å²) < 4.78 is 40.8. The summed E-state index contributed by atoms with van der Waals surface area (Å²) in [7, 11) is -3.95. The fourth-order valence-corrected chi connectivity index (χ4v) is 31.8. The minimum atomic E-state index is -3.95. The number of aromatic nitrogens is 2. The average Bonchev–Trinajstić information content (AvgIpc) is 1.53. The SMILES string of the molecule is CC1C=C2CCCC(C2)c2cc3c4cc5c(cc4n(-c4cc6c(c7c4C4CC8CC(C4)CC7C8)S(=O)(=O)c4c-6cc(-n6c7cc8c(cc7c7cc9c(cc76)C6CC7CC(CC9C7)C6)C(C)C=C6CCCC8C6)c6c4C4CC7CC(CC6C7)C4)c3cc21)C1CC2CC(CC5C2)C1. The molecule has 10 saturated carbocycles. The quantitative estimate of drug-likeness (QED) is 0.162. The van der Waals surface area contributed by atoms with Crippen LogP contribution in [0.1, 0.15) is 331 Å². The zero-order chi connectivity index (χ0) is 61.7. The van der Waals surface area contributed by atoms with Gasteiger partial charge in [0.15, 0.2) is 0 Å². The van der Waals surface area contributed by atoms with Crippen molar-refractivity contribution in [3.05, 3.63) is 151 Å². The van der Waals surface area contributed by atoms with E-state index in [1.165, 1.54) is 231 Å². The predicted molar refractivity (Wildman–Crippen MR) is 384 cm³/mol. The van der Waals surface area contributed by atoms with E-state index in [0.717, 1.165) is 70.3 Å². The maximum Gasteiger partial charge on any atom is 0.208 e. The van der Waals surface area contributed by atoms with Gasteiger partial charge >= 0.3 is 0 Å². The number of sulfone groups is 1. The number of allylic oxidation sites excluding steroid dienone is 4. The van der Waals surface area contributed by atoms with E-state index in [1.807, 2.05) is 0 Å². The van der Waals surface area contributed by atoms with E-state index in [1.54, 1.807) is 55.7 Å². The number of fused-ring (bicyclic) bond motifs is 17. The summed E-state index contributed by atoms with van der Waals surface area (Å²) in [5, 5.41) is 5.85. The van der Waals surface area contributed by atoms with Gasteiger partial charge < -0.3 is 9.13 Å². The monoisotopic (exact) mass is 1270 g/mol. The number of benzene rings is 6. The molecule has 8 aromatic rings. The van der Waals surface area contributed by atoms with Gasteiger partial charge in [0, 0.05) is 32.7 Å². The van der Waals surface area contributed by atoms with Crippen LogP contribution in [0.15, 0.2) is 93.8 Å². The zero-order valence-electron chi connectivity index (χ0n) is 56.4. The van der Waals surface area contributed by atoms with Crippen LogP contribution in [0, 0.1) is 47.3 Å². The number of hydrogen-bond acceptors (Lipinski definition) is 2. The van der Waals surface area contributed by atoms with Crippen LogP contribution in [-0.2, 0) is 9.84 Å². The third kappa shape index (κ3) is 7.21. The van der Waals surface area contributed by atoms with Crippen LogP contribution in [0.5, 0.6) is 0 Å². The normalized spacial score (nSPS) is 38.2. The van der Waals surface area contributed by atoms with Crippen LogP contribution in [0.3, 0.4) is 0 Å². The standard InChI is InChI=1S/C90H94N2O2S/c1-43-9-45-6-4-8-56(16-45)70-38-80-73(33-65(43)70)75-35-68-57-17-47-11-48(18-57)22-59(21-47)71(68)39-81(75)92(80)84-42-78-77-41-83(85-61-25-51-13-52(26-61)30-63(29-51)87(85)89(77)95(93,94)90(78)88-64-31-53-14-54(32-64)28-62(27-53)86(84)88)91-79-37-66-44(2)10-46-5-3-7-55(15-46)67(66)34-74(79)76-36-69-58-19-49-12-50(20-58)24-60(23-49)72(69)40-82(76)91/h9-10,33-44,47-64H,3-8,11-32H2,1-2H3. The molecule has 95 heavy (non-hydrogen) atoms. The van der Waals surface area contributed by atoms with E-state index < -0.39 is 9.84 Å². The molecule has 2 aromatic heterocycles. The highest BCUT2D eigenvalue weighted by molar-refractivity contribution is 7.92. The molecule has 12 atom stereocenters. The molecule has 482 valence electrons. The Morgan fingerprint density at radius 1 is 0.316 bits per heavy atom. The lowest BCUT2D eigenvalue weighted by Gasteiger charge is -2.38. The van der Waals surface area contributed by atoms with Crippen LogP contribution in [0.25, 0.3) is 66.1 Å². The molecule has 0 N–H and O–H groups in total. The van der Waals surface area contributed by atoms with E-state index in [-0.39, 0.29) is 11.8 Å². The molecule has 6 aromatic carbocycles. The molecule has 3 heterocycles. The molecule has 0 amide bonds. The summed E-state index contributed by atoms with van der Waals surface area (Å²) in [5.41, 5.74) is 32.4. The third-order valence-electron chi connectivity index (χ3n) is 32.2. The lowest BCUT2D eigenvalue weighted by molar-refractivity contribution is 0.165. The Labute approximate surface area is 562 Å². The molecule has 21 aliphatic rings. The van der Waals surface area contributed by atoms with Crippen molar-refractivity contribution in [2.75, 3.05) is 0 Å².